The van der Waals surface area contributed by atoms with Crippen LogP contribution in [0.4, 0.5) is 4.39 Å². The van der Waals surface area contributed by atoms with E-state index in [0.717, 1.165) is 31.9 Å². The minimum absolute atomic E-state index is 0.0757. The molecule has 0 unspecified atom stereocenters. The minimum Gasteiger partial charge on any atom is -0.347 e. The number of carbonyl (C=O) groups excluding carboxylic acids is 1. The average molecular weight is 236 g/mol. The van der Waals surface area contributed by atoms with E-state index in [9.17, 15) is 9.18 Å². The van der Waals surface area contributed by atoms with Gasteiger partial charge in [0.05, 0.1) is 11.8 Å². The van der Waals surface area contributed by atoms with Gasteiger partial charge in [0.15, 0.2) is 5.82 Å². The molecule has 0 spiro atoms. The molecule has 0 aliphatic heterocycles. The number of hydrogen-bond acceptors (Lipinski definition) is 2. The van der Waals surface area contributed by atoms with Crippen molar-refractivity contribution in [1.29, 1.82) is 0 Å². The highest BCUT2D eigenvalue weighted by molar-refractivity contribution is 5.94. The van der Waals surface area contributed by atoms with Crippen LogP contribution in [0.2, 0.25) is 0 Å². The van der Waals surface area contributed by atoms with E-state index in [2.05, 4.69) is 10.3 Å². The van der Waals surface area contributed by atoms with Crippen molar-refractivity contribution in [2.75, 3.05) is 0 Å². The van der Waals surface area contributed by atoms with E-state index in [1.165, 1.54) is 18.7 Å². The predicted octanol–water partition coefficient (Wildman–Crippen LogP) is 2.67. The van der Waals surface area contributed by atoms with Crippen molar-refractivity contribution in [3.8, 4) is 0 Å². The molecule has 4 heteroatoms. The number of halogens is 1. The molecule has 1 saturated carbocycles. The van der Waals surface area contributed by atoms with Gasteiger partial charge in [-0.25, -0.2) is 4.39 Å². The molecule has 0 radical (unpaired) electrons. The zero-order chi connectivity index (χ0) is 12.3. The van der Waals surface area contributed by atoms with Crippen molar-refractivity contribution in [3.05, 3.63) is 29.8 Å². The van der Waals surface area contributed by atoms with E-state index in [-0.39, 0.29) is 17.0 Å². The number of hydrogen-bond donors (Lipinski definition) is 1. The molecule has 1 aliphatic carbocycles. The van der Waals surface area contributed by atoms with Gasteiger partial charge in [-0.1, -0.05) is 19.3 Å². The summed E-state index contributed by atoms with van der Waals surface area (Å²) in [5.41, 5.74) is -0.114. The summed E-state index contributed by atoms with van der Waals surface area (Å²) in [6.45, 7) is 2.03. The number of nitrogens with one attached hydrogen (secondary N) is 1. The number of amides is 1. The average Bonchev–Trinajstić information content (AvgIpc) is 2.29. The fourth-order valence-corrected chi connectivity index (χ4v) is 2.36. The summed E-state index contributed by atoms with van der Waals surface area (Å²) in [5.74, 6) is -0.904. The number of pyridine rings is 1. The molecule has 0 atom stereocenters. The summed E-state index contributed by atoms with van der Waals surface area (Å²) < 4.78 is 13.4. The van der Waals surface area contributed by atoms with E-state index in [1.807, 2.05) is 6.92 Å². The Morgan fingerprint density at radius 3 is 2.76 bits per heavy atom. The summed E-state index contributed by atoms with van der Waals surface area (Å²) >= 11 is 0. The smallest absolute Gasteiger partial charge is 0.254 e. The molecule has 0 aromatic carbocycles. The summed E-state index contributed by atoms with van der Waals surface area (Å²) in [7, 11) is 0. The van der Waals surface area contributed by atoms with Crippen LogP contribution in [0.3, 0.4) is 0 Å². The van der Waals surface area contributed by atoms with Gasteiger partial charge in [0.2, 0.25) is 0 Å². The summed E-state index contributed by atoms with van der Waals surface area (Å²) in [6, 6.07) is 1.41. The fraction of sp³-hybridized carbons (Fsp3) is 0.538. The van der Waals surface area contributed by atoms with Crippen LogP contribution in [0.15, 0.2) is 18.5 Å². The highest BCUT2D eigenvalue weighted by Gasteiger charge is 2.29. The van der Waals surface area contributed by atoms with Crippen molar-refractivity contribution in [2.24, 2.45) is 0 Å². The van der Waals surface area contributed by atoms with E-state index >= 15 is 0 Å². The molecule has 1 fully saturated rings. The number of rotatable bonds is 2. The Labute approximate surface area is 100 Å². The molecule has 0 saturated heterocycles. The van der Waals surface area contributed by atoms with Gasteiger partial charge < -0.3 is 5.32 Å². The van der Waals surface area contributed by atoms with Crippen LogP contribution < -0.4 is 5.32 Å². The molecule has 1 aliphatic rings. The molecule has 1 N–H and O–H groups in total. The Balaban J connectivity index is 2.09. The summed E-state index contributed by atoms with van der Waals surface area (Å²) in [4.78, 5) is 15.6. The van der Waals surface area contributed by atoms with Gasteiger partial charge in [-0.2, -0.15) is 0 Å². The highest BCUT2D eigenvalue weighted by Crippen LogP contribution is 2.27. The van der Waals surface area contributed by atoms with E-state index in [0.29, 0.717) is 0 Å². The molecular formula is C13H17FN2O. The largest absolute Gasteiger partial charge is 0.347 e. The predicted molar refractivity (Wildman–Crippen MR) is 63.2 cm³/mol. The first kappa shape index (κ1) is 12.0. The van der Waals surface area contributed by atoms with E-state index < -0.39 is 5.82 Å². The van der Waals surface area contributed by atoms with E-state index in [4.69, 9.17) is 0 Å². The second-order valence-corrected chi connectivity index (χ2v) is 4.93. The monoisotopic (exact) mass is 236 g/mol. The van der Waals surface area contributed by atoms with Crippen molar-refractivity contribution in [2.45, 2.75) is 44.6 Å². The van der Waals surface area contributed by atoms with Gasteiger partial charge in [0.25, 0.3) is 5.91 Å². The van der Waals surface area contributed by atoms with Crippen LogP contribution in [0.5, 0.6) is 0 Å². The topological polar surface area (TPSA) is 42.0 Å². The standard InChI is InChI=1S/C13H17FN2O/c1-13(6-3-2-4-7-13)16-12(17)10-5-8-15-9-11(10)14/h5,8-9H,2-4,6-7H2,1H3,(H,16,17). The van der Waals surface area contributed by atoms with Gasteiger partial charge >= 0.3 is 0 Å². The number of carbonyl (C=O) groups is 1. The molecule has 1 amide bonds. The van der Waals surface area contributed by atoms with Crippen LogP contribution >= 0.6 is 0 Å². The van der Waals surface area contributed by atoms with Gasteiger partial charge in [-0.15, -0.1) is 0 Å². The van der Waals surface area contributed by atoms with Gasteiger partial charge in [0, 0.05) is 11.7 Å². The molecule has 0 bridgehead atoms. The Hall–Kier alpha value is -1.45. The maximum atomic E-state index is 13.4. The van der Waals surface area contributed by atoms with Crippen LogP contribution in [-0.2, 0) is 0 Å². The Kier molecular flexibility index (Phi) is 3.41. The first-order valence-electron chi connectivity index (χ1n) is 6.03. The molecule has 17 heavy (non-hydrogen) atoms. The highest BCUT2D eigenvalue weighted by atomic mass is 19.1. The molecule has 3 nitrogen and oxygen atoms in total. The van der Waals surface area contributed by atoms with Crippen LogP contribution in [0.25, 0.3) is 0 Å². The maximum absolute atomic E-state index is 13.4. The Morgan fingerprint density at radius 2 is 2.12 bits per heavy atom. The quantitative estimate of drug-likeness (QED) is 0.857. The van der Waals surface area contributed by atoms with Crippen LogP contribution in [-0.4, -0.2) is 16.4 Å². The van der Waals surface area contributed by atoms with Crippen LogP contribution in [0.1, 0.15) is 49.4 Å². The lowest BCUT2D eigenvalue weighted by atomic mass is 9.83. The minimum atomic E-state index is -0.565. The second kappa shape index (κ2) is 4.82. The van der Waals surface area contributed by atoms with E-state index in [1.54, 1.807) is 0 Å². The summed E-state index contributed by atoms with van der Waals surface area (Å²) in [6.07, 6.45) is 7.89. The number of aromatic nitrogens is 1. The molecule has 1 aromatic heterocycles. The normalized spacial score (nSPS) is 18.7. The maximum Gasteiger partial charge on any atom is 0.254 e. The molecule has 1 aromatic rings. The van der Waals surface area contributed by atoms with Gasteiger partial charge in [-0.3, -0.25) is 9.78 Å². The first-order chi connectivity index (χ1) is 8.11. The third kappa shape index (κ3) is 2.81. The molecule has 1 heterocycles. The zero-order valence-corrected chi connectivity index (χ0v) is 10.0. The van der Waals surface area contributed by atoms with Crippen molar-refractivity contribution >= 4 is 5.91 Å². The second-order valence-electron chi connectivity index (χ2n) is 4.93. The van der Waals surface area contributed by atoms with Gasteiger partial charge in [0.1, 0.15) is 0 Å². The fourth-order valence-electron chi connectivity index (χ4n) is 2.36. The molecule has 92 valence electrons. The lowest BCUT2D eigenvalue weighted by molar-refractivity contribution is 0.0878. The SMILES string of the molecule is CC1(NC(=O)c2ccncc2F)CCCCC1. The third-order valence-corrected chi connectivity index (χ3v) is 3.39. The lowest BCUT2D eigenvalue weighted by Gasteiger charge is -2.34. The van der Waals surface area contributed by atoms with Crippen molar-refractivity contribution < 1.29 is 9.18 Å². The zero-order valence-electron chi connectivity index (χ0n) is 10.0. The Morgan fingerprint density at radius 1 is 1.41 bits per heavy atom. The first-order valence-corrected chi connectivity index (χ1v) is 6.03. The third-order valence-electron chi connectivity index (χ3n) is 3.39. The van der Waals surface area contributed by atoms with Crippen molar-refractivity contribution in [3.63, 3.8) is 0 Å². The lowest BCUT2D eigenvalue weighted by Crippen LogP contribution is -2.47. The van der Waals surface area contributed by atoms with Crippen LogP contribution in [0, 0.1) is 5.82 Å². The molecule has 2 rings (SSSR count). The number of nitrogens with zero attached hydrogens (tertiary/aromatic N) is 1. The van der Waals surface area contributed by atoms with Gasteiger partial charge in [-0.05, 0) is 25.8 Å². The summed E-state index contributed by atoms with van der Waals surface area (Å²) in [5, 5.41) is 2.95. The molecular weight excluding hydrogens is 219 g/mol. The Bertz CT molecular complexity index is 414. The van der Waals surface area contributed by atoms with Crippen molar-refractivity contribution in [1.82, 2.24) is 10.3 Å².